The number of rotatable bonds is 2. The first kappa shape index (κ1) is 9.89. The van der Waals surface area contributed by atoms with E-state index in [1.165, 1.54) is 7.11 Å². The van der Waals surface area contributed by atoms with Crippen LogP contribution in [0, 0.1) is 0 Å². The van der Waals surface area contributed by atoms with E-state index in [4.69, 9.17) is 14.2 Å². The van der Waals surface area contributed by atoms with Crippen molar-refractivity contribution in [3.8, 4) is 0 Å². The topological polar surface area (TPSA) is 57.3 Å². The van der Waals surface area contributed by atoms with Crippen LogP contribution in [0.5, 0.6) is 0 Å². The summed E-state index contributed by atoms with van der Waals surface area (Å²) in [4.78, 5) is 11.2. The number of ether oxygens (including phenoxy) is 4. The highest BCUT2D eigenvalue weighted by molar-refractivity contribution is 5.79. The first-order chi connectivity index (χ1) is 6.53. The summed E-state index contributed by atoms with van der Waals surface area (Å²) in [6, 6.07) is 0. The zero-order valence-corrected chi connectivity index (χ0v) is 8.53. The van der Waals surface area contributed by atoms with Crippen molar-refractivity contribution in [2.24, 2.45) is 0 Å². The summed E-state index contributed by atoms with van der Waals surface area (Å²) in [7, 11) is 1.34. The van der Waals surface area contributed by atoms with Crippen LogP contribution in [-0.4, -0.2) is 43.8 Å². The van der Waals surface area contributed by atoms with Crippen molar-refractivity contribution in [2.75, 3.05) is 20.3 Å². The second-order valence-corrected chi connectivity index (χ2v) is 3.77. The second-order valence-electron chi connectivity index (χ2n) is 3.77. The maximum absolute atomic E-state index is 11.2. The third-order valence-corrected chi connectivity index (χ3v) is 2.96. The van der Waals surface area contributed by atoms with Crippen LogP contribution in [0.4, 0.5) is 0 Å². The minimum absolute atomic E-state index is 0.382. The van der Waals surface area contributed by atoms with Gasteiger partial charge in [0.05, 0.1) is 20.3 Å². The Morgan fingerprint density at radius 1 is 1.36 bits per heavy atom. The fourth-order valence-corrected chi connectivity index (χ4v) is 1.74. The van der Waals surface area contributed by atoms with Crippen molar-refractivity contribution in [1.29, 1.82) is 0 Å². The zero-order chi connectivity index (χ0) is 10.4. The lowest BCUT2D eigenvalue weighted by molar-refractivity contribution is -0.185. The molecule has 0 aliphatic carbocycles. The molecule has 0 aromatic rings. The molecule has 2 aliphatic heterocycles. The summed E-state index contributed by atoms with van der Waals surface area (Å²) in [5, 5.41) is 0. The zero-order valence-electron chi connectivity index (χ0n) is 8.53. The monoisotopic (exact) mass is 202 g/mol. The molecule has 0 amide bonds. The third kappa shape index (κ3) is 1.16. The number of carbonyl (C=O) groups excluding carboxylic acids is 1. The molecule has 14 heavy (non-hydrogen) atoms. The van der Waals surface area contributed by atoms with Gasteiger partial charge in [-0.15, -0.1) is 0 Å². The normalized spacial score (nSPS) is 39.5. The molecule has 2 saturated heterocycles. The summed E-state index contributed by atoms with van der Waals surface area (Å²) in [6.07, 6.45) is -0.574. The van der Waals surface area contributed by atoms with Crippen LogP contribution in [0.25, 0.3) is 0 Å². The summed E-state index contributed by atoms with van der Waals surface area (Å²) in [6.45, 7) is 4.63. The molecule has 0 N–H and O–H groups in total. The molecule has 2 aliphatic rings. The number of hydrogen-bond acceptors (Lipinski definition) is 5. The van der Waals surface area contributed by atoms with E-state index in [1.807, 2.05) is 0 Å². The molecular formula is C9H14O5. The molecule has 5 nitrogen and oxygen atoms in total. The lowest BCUT2D eigenvalue weighted by Crippen LogP contribution is -2.44. The molecular weight excluding hydrogens is 188 g/mol. The Hall–Kier alpha value is -0.650. The van der Waals surface area contributed by atoms with Crippen LogP contribution in [-0.2, 0) is 23.7 Å². The fraction of sp³-hybridized carbons (Fsp3) is 0.889. The average Bonchev–Trinajstić information content (AvgIpc) is 2.66. The van der Waals surface area contributed by atoms with E-state index in [9.17, 15) is 4.79 Å². The van der Waals surface area contributed by atoms with Gasteiger partial charge in [0.25, 0.3) is 0 Å². The lowest BCUT2D eigenvalue weighted by Gasteiger charge is -2.26. The molecule has 2 unspecified atom stereocenters. The standard InChI is InChI=1S/C9H14O5/c1-8(6(14-8)7(10)11-3)9(2)12-4-5-13-9/h6H,4-5H2,1-3H3. The Morgan fingerprint density at radius 2 is 1.93 bits per heavy atom. The number of hydrogen-bond donors (Lipinski definition) is 0. The number of esters is 1. The SMILES string of the molecule is COC(=O)C1OC1(C)C1(C)OCCO1. The van der Waals surface area contributed by atoms with Crippen molar-refractivity contribution in [2.45, 2.75) is 31.3 Å². The molecule has 2 atom stereocenters. The fourth-order valence-electron chi connectivity index (χ4n) is 1.74. The largest absolute Gasteiger partial charge is 0.467 e. The molecule has 0 aromatic carbocycles. The first-order valence-electron chi connectivity index (χ1n) is 4.57. The van der Waals surface area contributed by atoms with Gasteiger partial charge in [-0.1, -0.05) is 0 Å². The Labute approximate surface area is 82.3 Å². The van der Waals surface area contributed by atoms with E-state index in [2.05, 4.69) is 4.74 Å². The Bertz CT molecular complexity index is 258. The van der Waals surface area contributed by atoms with Gasteiger partial charge < -0.3 is 18.9 Å². The van der Waals surface area contributed by atoms with Crippen molar-refractivity contribution < 1.29 is 23.7 Å². The first-order valence-corrected chi connectivity index (χ1v) is 4.57. The van der Waals surface area contributed by atoms with Crippen LogP contribution >= 0.6 is 0 Å². The molecule has 2 fully saturated rings. The highest BCUT2D eigenvalue weighted by atomic mass is 16.8. The summed E-state index contributed by atoms with van der Waals surface area (Å²) in [5.41, 5.74) is -0.712. The van der Waals surface area contributed by atoms with Gasteiger partial charge in [-0.25, -0.2) is 4.79 Å². The number of epoxide rings is 1. The van der Waals surface area contributed by atoms with Crippen LogP contribution in [0.1, 0.15) is 13.8 Å². The molecule has 5 heteroatoms. The van der Waals surface area contributed by atoms with Crippen molar-refractivity contribution >= 4 is 5.97 Å². The number of methoxy groups -OCH3 is 1. The third-order valence-electron chi connectivity index (χ3n) is 2.96. The Kier molecular flexibility index (Phi) is 2.06. The van der Waals surface area contributed by atoms with Crippen molar-refractivity contribution in [3.05, 3.63) is 0 Å². The Balaban J connectivity index is 2.09. The van der Waals surface area contributed by atoms with Gasteiger partial charge in [0.15, 0.2) is 17.5 Å². The van der Waals surface area contributed by atoms with Crippen LogP contribution < -0.4 is 0 Å². The van der Waals surface area contributed by atoms with E-state index >= 15 is 0 Å². The van der Waals surface area contributed by atoms with E-state index in [1.54, 1.807) is 13.8 Å². The lowest BCUT2D eigenvalue weighted by atomic mass is 9.98. The van der Waals surface area contributed by atoms with Gasteiger partial charge in [-0.2, -0.15) is 0 Å². The van der Waals surface area contributed by atoms with Crippen LogP contribution in [0.15, 0.2) is 0 Å². The van der Waals surface area contributed by atoms with Crippen LogP contribution in [0.2, 0.25) is 0 Å². The summed E-state index contributed by atoms with van der Waals surface area (Å²) >= 11 is 0. The van der Waals surface area contributed by atoms with Crippen molar-refractivity contribution in [3.63, 3.8) is 0 Å². The van der Waals surface area contributed by atoms with Crippen LogP contribution in [0.3, 0.4) is 0 Å². The minimum atomic E-state index is -0.828. The van der Waals surface area contributed by atoms with Gasteiger partial charge in [0.2, 0.25) is 0 Å². The second kappa shape index (κ2) is 2.92. The quantitative estimate of drug-likeness (QED) is 0.469. The van der Waals surface area contributed by atoms with Gasteiger partial charge >= 0.3 is 5.97 Å². The predicted molar refractivity (Wildman–Crippen MR) is 45.6 cm³/mol. The average molecular weight is 202 g/mol. The van der Waals surface area contributed by atoms with E-state index < -0.39 is 17.5 Å². The Morgan fingerprint density at radius 3 is 2.43 bits per heavy atom. The molecule has 0 saturated carbocycles. The van der Waals surface area contributed by atoms with E-state index in [0.717, 1.165) is 0 Å². The molecule has 2 rings (SSSR count). The smallest absolute Gasteiger partial charge is 0.338 e. The molecule has 0 radical (unpaired) electrons. The maximum Gasteiger partial charge on any atom is 0.338 e. The maximum atomic E-state index is 11.2. The highest BCUT2D eigenvalue weighted by Crippen LogP contribution is 2.49. The highest BCUT2D eigenvalue weighted by Gasteiger charge is 2.70. The van der Waals surface area contributed by atoms with Gasteiger partial charge in [0.1, 0.15) is 0 Å². The summed E-state index contributed by atoms with van der Waals surface area (Å²) in [5.74, 6) is -1.21. The van der Waals surface area contributed by atoms with E-state index in [0.29, 0.717) is 13.2 Å². The van der Waals surface area contributed by atoms with Gasteiger partial charge in [-0.05, 0) is 13.8 Å². The minimum Gasteiger partial charge on any atom is -0.467 e. The van der Waals surface area contributed by atoms with Gasteiger partial charge in [0, 0.05) is 0 Å². The van der Waals surface area contributed by atoms with Crippen molar-refractivity contribution in [1.82, 2.24) is 0 Å². The van der Waals surface area contributed by atoms with Gasteiger partial charge in [-0.3, -0.25) is 0 Å². The molecule has 0 bridgehead atoms. The molecule has 0 aromatic heterocycles. The molecule has 80 valence electrons. The molecule has 2 heterocycles. The summed E-state index contributed by atoms with van der Waals surface area (Å²) < 4.78 is 20.8. The van der Waals surface area contributed by atoms with E-state index in [-0.39, 0.29) is 5.97 Å². The number of carbonyl (C=O) groups is 1. The predicted octanol–water partition coefficient (Wildman–Crippen LogP) is 0.0799. The molecule has 0 spiro atoms.